The molecule has 212 valence electrons. The molecule has 1 fully saturated rings. The second-order valence-corrected chi connectivity index (χ2v) is 9.63. The molecule has 0 aliphatic carbocycles. The lowest BCUT2D eigenvalue weighted by atomic mass is 9.94. The van der Waals surface area contributed by atoms with Crippen molar-refractivity contribution in [2.75, 3.05) is 13.1 Å². The van der Waals surface area contributed by atoms with Crippen LogP contribution in [0.1, 0.15) is 74.8 Å². The first kappa shape index (κ1) is 30.0. The highest BCUT2D eigenvalue weighted by Gasteiger charge is 2.39. The van der Waals surface area contributed by atoms with Gasteiger partial charge in [-0.15, -0.1) is 0 Å². The standard InChI is InChI=1S/C29H35F3N2O5/c1-4-11-20-17-22(26(33)29(30,31)32)23(35)21(12-5-2)24(20)39-25(19-13-7-6-8-14-19)28(37)38-18(3)27(36)34-15-9-10-16-34/h6-8,13-14,17-18,25,33,35H,4-5,9-12,15-16H2,1-3H3/t18-,25?/m1/s1. The van der Waals surface area contributed by atoms with Crippen LogP contribution in [-0.2, 0) is 27.2 Å². The van der Waals surface area contributed by atoms with E-state index >= 15 is 0 Å². The smallest absolute Gasteiger partial charge is 0.433 e. The molecule has 3 rings (SSSR count). The summed E-state index contributed by atoms with van der Waals surface area (Å²) in [5.74, 6) is -1.76. The Kier molecular flexibility index (Phi) is 9.99. The molecule has 2 N–H and O–H groups in total. The SMILES string of the molecule is CCCc1cc(C(=N)C(F)(F)F)c(O)c(CCC)c1OC(C(=O)O[C@H](C)C(=O)N1CCCC1)c1ccccc1. The molecule has 2 atom stereocenters. The quantitative estimate of drug-likeness (QED) is 0.269. The number of rotatable bonds is 11. The highest BCUT2D eigenvalue weighted by molar-refractivity contribution is 6.05. The summed E-state index contributed by atoms with van der Waals surface area (Å²) in [6.07, 6.45) is -4.17. The first-order valence-corrected chi connectivity index (χ1v) is 13.2. The van der Waals surface area contributed by atoms with Crippen molar-refractivity contribution in [3.8, 4) is 11.5 Å². The van der Waals surface area contributed by atoms with Crippen molar-refractivity contribution < 1.29 is 37.3 Å². The number of hydrogen-bond acceptors (Lipinski definition) is 6. The van der Waals surface area contributed by atoms with Gasteiger partial charge in [-0.1, -0.05) is 57.0 Å². The Balaban J connectivity index is 2.05. The molecule has 1 aliphatic heterocycles. The molecule has 0 spiro atoms. The van der Waals surface area contributed by atoms with Crippen molar-refractivity contribution in [1.29, 1.82) is 5.41 Å². The van der Waals surface area contributed by atoms with Crippen LogP contribution >= 0.6 is 0 Å². The molecule has 0 bridgehead atoms. The number of amides is 1. The molecule has 7 nitrogen and oxygen atoms in total. The van der Waals surface area contributed by atoms with E-state index < -0.39 is 41.4 Å². The average molecular weight is 549 g/mol. The molecular formula is C29H35F3N2O5. The third kappa shape index (κ3) is 7.10. The number of alkyl halides is 3. The number of benzene rings is 2. The number of aryl methyl sites for hydroxylation is 1. The Hall–Kier alpha value is -3.56. The van der Waals surface area contributed by atoms with E-state index in [1.807, 2.05) is 6.92 Å². The summed E-state index contributed by atoms with van der Waals surface area (Å²) in [5, 5.41) is 18.5. The highest BCUT2D eigenvalue weighted by Crippen LogP contribution is 2.41. The van der Waals surface area contributed by atoms with Crippen molar-refractivity contribution in [3.05, 3.63) is 58.7 Å². The maximum atomic E-state index is 13.4. The Morgan fingerprint density at radius 2 is 1.69 bits per heavy atom. The van der Waals surface area contributed by atoms with Gasteiger partial charge in [0.25, 0.3) is 5.91 Å². The normalized spacial score (nSPS) is 15.1. The summed E-state index contributed by atoms with van der Waals surface area (Å²) in [6.45, 7) is 6.31. The average Bonchev–Trinajstić information content (AvgIpc) is 3.44. The van der Waals surface area contributed by atoms with Gasteiger partial charge < -0.3 is 19.5 Å². The van der Waals surface area contributed by atoms with Crippen molar-refractivity contribution in [2.24, 2.45) is 0 Å². The Morgan fingerprint density at radius 1 is 1.08 bits per heavy atom. The van der Waals surface area contributed by atoms with Gasteiger partial charge in [-0.05, 0) is 44.2 Å². The van der Waals surface area contributed by atoms with Gasteiger partial charge in [0.05, 0.1) is 0 Å². The van der Waals surface area contributed by atoms with Crippen LogP contribution in [0.25, 0.3) is 0 Å². The summed E-state index contributed by atoms with van der Waals surface area (Å²) in [6, 6.07) is 9.54. The molecule has 1 aliphatic rings. The van der Waals surface area contributed by atoms with Gasteiger partial charge in [0.15, 0.2) is 6.10 Å². The topological polar surface area (TPSA) is 99.9 Å². The predicted octanol–water partition coefficient (Wildman–Crippen LogP) is 5.90. The van der Waals surface area contributed by atoms with Gasteiger partial charge in [0.1, 0.15) is 17.2 Å². The summed E-state index contributed by atoms with van der Waals surface area (Å²) >= 11 is 0. The van der Waals surface area contributed by atoms with Gasteiger partial charge in [0.2, 0.25) is 6.10 Å². The number of nitrogens with zero attached hydrogens (tertiary/aromatic N) is 1. The van der Waals surface area contributed by atoms with Gasteiger partial charge in [-0.25, -0.2) is 4.79 Å². The van der Waals surface area contributed by atoms with E-state index in [2.05, 4.69) is 0 Å². The van der Waals surface area contributed by atoms with Crippen LogP contribution in [0.3, 0.4) is 0 Å². The number of carbonyl (C=O) groups excluding carboxylic acids is 2. The zero-order valence-corrected chi connectivity index (χ0v) is 22.4. The number of carbonyl (C=O) groups is 2. The lowest BCUT2D eigenvalue weighted by Crippen LogP contribution is -2.39. The van der Waals surface area contributed by atoms with E-state index in [1.54, 1.807) is 42.2 Å². The van der Waals surface area contributed by atoms with E-state index in [0.717, 1.165) is 18.9 Å². The number of likely N-dealkylation sites (tertiary alicyclic amines) is 1. The van der Waals surface area contributed by atoms with E-state index in [1.165, 1.54) is 6.92 Å². The number of hydrogen-bond donors (Lipinski definition) is 2. The number of phenols is 1. The fourth-order valence-corrected chi connectivity index (χ4v) is 4.68. The Morgan fingerprint density at radius 3 is 2.26 bits per heavy atom. The third-order valence-electron chi connectivity index (χ3n) is 6.61. The van der Waals surface area contributed by atoms with Crippen LogP contribution in [0.5, 0.6) is 11.5 Å². The zero-order chi connectivity index (χ0) is 28.7. The van der Waals surface area contributed by atoms with Crippen molar-refractivity contribution >= 4 is 17.6 Å². The largest absolute Gasteiger partial charge is 0.507 e. The lowest BCUT2D eigenvalue weighted by Gasteiger charge is -2.26. The first-order valence-electron chi connectivity index (χ1n) is 13.2. The van der Waals surface area contributed by atoms with Crippen molar-refractivity contribution in [3.63, 3.8) is 0 Å². The molecule has 1 amide bonds. The maximum Gasteiger partial charge on any atom is 0.433 e. The molecule has 2 aromatic rings. The van der Waals surface area contributed by atoms with E-state index in [0.29, 0.717) is 37.1 Å². The fourth-order valence-electron chi connectivity index (χ4n) is 4.68. The summed E-state index contributed by atoms with van der Waals surface area (Å²) in [5.41, 5.74) is -1.46. The number of aromatic hydroxyl groups is 1. The number of halogens is 3. The summed E-state index contributed by atoms with van der Waals surface area (Å²) < 4.78 is 52.1. The molecule has 0 radical (unpaired) electrons. The third-order valence-corrected chi connectivity index (χ3v) is 6.61. The van der Waals surface area contributed by atoms with Crippen LogP contribution in [0.2, 0.25) is 0 Å². The van der Waals surface area contributed by atoms with Crippen molar-refractivity contribution in [1.82, 2.24) is 4.90 Å². The number of nitrogens with one attached hydrogen (secondary N) is 1. The minimum Gasteiger partial charge on any atom is -0.507 e. The zero-order valence-electron chi connectivity index (χ0n) is 22.4. The second-order valence-electron chi connectivity index (χ2n) is 9.63. The van der Waals surface area contributed by atoms with Gasteiger partial charge in [0, 0.05) is 29.8 Å². The van der Waals surface area contributed by atoms with Gasteiger partial charge in [-0.2, -0.15) is 13.2 Å². The maximum absolute atomic E-state index is 13.4. The molecule has 10 heteroatoms. The van der Waals surface area contributed by atoms with Crippen LogP contribution in [0, 0.1) is 5.41 Å². The monoisotopic (exact) mass is 548 g/mol. The molecule has 0 saturated carbocycles. The van der Waals surface area contributed by atoms with Crippen LogP contribution in [-0.4, -0.2) is 53.0 Å². The molecule has 1 saturated heterocycles. The minimum atomic E-state index is -4.96. The minimum absolute atomic E-state index is 0.0826. The molecular weight excluding hydrogens is 513 g/mol. The Bertz CT molecular complexity index is 1180. The molecule has 1 unspecified atom stereocenters. The number of esters is 1. The van der Waals surface area contributed by atoms with Crippen LogP contribution < -0.4 is 4.74 Å². The number of ether oxygens (including phenoxy) is 2. The first-order chi connectivity index (χ1) is 18.5. The van der Waals surface area contributed by atoms with Crippen LogP contribution in [0.15, 0.2) is 36.4 Å². The highest BCUT2D eigenvalue weighted by atomic mass is 19.4. The molecule has 1 heterocycles. The Labute approximate surface area is 226 Å². The number of phenolic OH excluding ortho intramolecular Hbond substituents is 1. The predicted molar refractivity (Wildman–Crippen MR) is 140 cm³/mol. The second kappa shape index (κ2) is 13.0. The lowest BCUT2D eigenvalue weighted by molar-refractivity contribution is -0.164. The van der Waals surface area contributed by atoms with Crippen molar-refractivity contribution in [2.45, 2.75) is 77.7 Å². The fraction of sp³-hybridized carbons (Fsp3) is 0.483. The molecule has 0 aromatic heterocycles. The molecule has 2 aromatic carbocycles. The van der Waals surface area contributed by atoms with E-state index in [-0.39, 0.29) is 30.1 Å². The summed E-state index contributed by atoms with van der Waals surface area (Å²) in [4.78, 5) is 27.9. The van der Waals surface area contributed by atoms with Crippen LogP contribution in [0.4, 0.5) is 13.2 Å². The van der Waals surface area contributed by atoms with Gasteiger partial charge in [-0.3, -0.25) is 10.2 Å². The summed E-state index contributed by atoms with van der Waals surface area (Å²) in [7, 11) is 0. The van der Waals surface area contributed by atoms with Gasteiger partial charge >= 0.3 is 12.1 Å². The molecule has 39 heavy (non-hydrogen) atoms. The van der Waals surface area contributed by atoms with E-state index in [4.69, 9.17) is 14.9 Å². The van der Waals surface area contributed by atoms with E-state index in [9.17, 15) is 27.9 Å².